The Balaban J connectivity index is 4.30. The first-order chi connectivity index (χ1) is 27.6. The van der Waals surface area contributed by atoms with E-state index in [-0.39, 0.29) is 25.2 Å². The highest BCUT2D eigenvalue weighted by atomic mass is 16.6. The van der Waals surface area contributed by atoms with Crippen LogP contribution in [-0.4, -0.2) is 37.9 Å². The number of esters is 2. The molecular formula is C51H84O5. The average molecular weight is 777 g/mol. The Bertz CT molecular complexity index is 1110. The van der Waals surface area contributed by atoms with Crippen molar-refractivity contribution in [2.24, 2.45) is 0 Å². The molecular weight excluding hydrogens is 693 g/mol. The molecule has 0 fully saturated rings. The summed E-state index contributed by atoms with van der Waals surface area (Å²) in [6.07, 6.45) is 61.4. The fourth-order valence-electron chi connectivity index (χ4n) is 5.74. The first kappa shape index (κ1) is 52.8. The van der Waals surface area contributed by atoms with Crippen LogP contribution in [-0.2, 0) is 23.8 Å². The summed E-state index contributed by atoms with van der Waals surface area (Å²) in [5, 5.41) is 0. The molecule has 1 unspecified atom stereocenters. The van der Waals surface area contributed by atoms with Gasteiger partial charge in [-0.15, -0.1) is 0 Å². The van der Waals surface area contributed by atoms with E-state index in [9.17, 15) is 9.59 Å². The molecule has 0 saturated heterocycles. The highest BCUT2D eigenvalue weighted by Gasteiger charge is 2.17. The summed E-state index contributed by atoms with van der Waals surface area (Å²) < 4.78 is 17.2. The van der Waals surface area contributed by atoms with Crippen molar-refractivity contribution < 1.29 is 23.8 Å². The third-order valence-electron chi connectivity index (χ3n) is 9.09. The van der Waals surface area contributed by atoms with Gasteiger partial charge in [0.15, 0.2) is 6.10 Å². The van der Waals surface area contributed by atoms with Gasteiger partial charge in [-0.2, -0.15) is 0 Å². The predicted molar refractivity (Wildman–Crippen MR) is 242 cm³/mol. The minimum atomic E-state index is -0.572. The van der Waals surface area contributed by atoms with Gasteiger partial charge in [0.25, 0.3) is 0 Å². The van der Waals surface area contributed by atoms with Crippen molar-refractivity contribution in [3.63, 3.8) is 0 Å². The Kier molecular flexibility index (Phi) is 43.6. The molecule has 0 aliphatic rings. The van der Waals surface area contributed by atoms with E-state index in [0.717, 1.165) is 109 Å². The topological polar surface area (TPSA) is 61.8 Å². The van der Waals surface area contributed by atoms with Crippen LogP contribution in [0.2, 0.25) is 0 Å². The van der Waals surface area contributed by atoms with E-state index in [4.69, 9.17) is 14.2 Å². The zero-order valence-electron chi connectivity index (χ0n) is 36.4. The Morgan fingerprint density at radius 1 is 0.411 bits per heavy atom. The zero-order chi connectivity index (χ0) is 40.7. The van der Waals surface area contributed by atoms with E-state index in [0.29, 0.717) is 19.4 Å². The molecule has 0 aromatic rings. The lowest BCUT2D eigenvalue weighted by Crippen LogP contribution is -2.30. The van der Waals surface area contributed by atoms with Crippen molar-refractivity contribution in [3.05, 3.63) is 97.2 Å². The maximum Gasteiger partial charge on any atom is 0.306 e. The SMILES string of the molecule is CC/C=C\C/C=C\C/C=C\C/C=C\C/C=C\C/C=C\CCCOCC(COC(=O)CCCCCCC/C=C\C/C=C\CCC)OC(=O)CCCCCCCCC. The second-order valence-electron chi connectivity index (χ2n) is 14.6. The molecule has 0 aromatic carbocycles. The van der Waals surface area contributed by atoms with Crippen LogP contribution in [0.4, 0.5) is 0 Å². The predicted octanol–water partition coefficient (Wildman–Crippen LogP) is 15.1. The molecule has 0 rings (SSSR count). The molecule has 1 atom stereocenters. The number of hydrogen-bond donors (Lipinski definition) is 0. The number of rotatable bonds is 40. The van der Waals surface area contributed by atoms with Gasteiger partial charge < -0.3 is 14.2 Å². The van der Waals surface area contributed by atoms with Gasteiger partial charge in [0.2, 0.25) is 0 Å². The van der Waals surface area contributed by atoms with E-state index in [1.54, 1.807) is 0 Å². The van der Waals surface area contributed by atoms with Gasteiger partial charge in [0.05, 0.1) is 6.61 Å². The Morgan fingerprint density at radius 2 is 0.839 bits per heavy atom. The summed E-state index contributed by atoms with van der Waals surface area (Å²) in [6.45, 7) is 7.43. The van der Waals surface area contributed by atoms with Gasteiger partial charge in [-0.25, -0.2) is 0 Å². The molecule has 56 heavy (non-hydrogen) atoms. The third-order valence-corrected chi connectivity index (χ3v) is 9.09. The fraction of sp³-hybridized carbons (Fsp3) is 0.647. The molecule has 0 bridgehead atoms. The minimum Gasteiger partial charge on any atom is -0.462 e. The number of carbonyl (C=O) groups excluding carboxylic acids is 2. The van der Waals surface area contributed by atoms with Crippen molar-refractivity contribution in [2.75, 3.05) is 19.8 Å². The lowest BCUT2D eigenvalue weighted by Gasteiger charge is -2.18. The molecule has 0 amide bonds. The van der Waals surface area contributed by atoms with Gasteiger partial charge >= 0.3 is 11.9 Å². The summed E-state index contributed by atoms with van der Waals surface area (Å²) in [7, 11) is 0. The number of ether oxygens (including phenoxy) is 3. The number of hydrogen-bond acceptors (Lipinski definition) is 5. The van der Waals surface area contributed by atoms with Crippen LogP contribution >= 0.6 is 0 Å². The second kappa shape index (κ2) is 46.2. The molecule has 0 spiro atoms. The third kappa shape index (κ3) is 43.5. The van der Waals surface area contributed by atoms with Gasteiger partial charge in [-0.1, -0.05) is 182 Å². The maximum atomic E-state index is 12.6. The molecule has 0 radical (unpaired) electrons. The second-order valence-corrected chi connectivity index (χ2v) is 14.6. The quantitative estimate of drug-likeness (QED) is 0.0352. The largest absolute Gasteiger partial charge is 0.462 e. The van der Waals surface area contributed by atoms with E-state index in [2.05, 4.69) is 118 Å². The number of unbranched alkanes of at least 4 members (excludes halogenated alkanes) is 13. The van der Waals surface area contributed by atoms with E-state index in [1.165, 1.54) is 44.9 Å². The van der Waals surface area contributed by atoms with Gasteiger partial charge in [-0.3, -0.25) is 9.59 Å². The van der Waals surface area contributed by atoms with E-state index < -0.39 is 6.10 Å². The standard InChI is InChI=1S/C51H84O5/c1-4-7-10-13-16-18-20-22-23-24-25-26-27-28-30-32-34-37-40-43-46-54-47-49(56-51(53)45-42-39-35-15-12-9-6-3)48-55-50(52)44-41-38-36-33-31-29-21-19-17-14-11-8-5-2/h7,10-11,14,16,18-19,21-23,25-26,28,30,34,37,49H,4-6,8-9,12-13,15,17,20,24,27,29,31-33,35-36,38-48H2,1-3H3/b10-7-,14-11-,18-16-,21-19-,23-22-,26-25-,30-28-,37-34-. The first-order valence-corrected chi connectivity index (χ1v) is 22.8. The monoisotopic (exact) mass is 777 g/mol. The van der Waals surface area contributed by atoms with Crippen LogP contribution in [0, 0.1) is 0 Å². The summed E-state index contributed by atoms with van der Waals surface area (Å²) in [6, 6.07) is 0. The number of carbonyl (C=O) groups is 2. The Hall–Kier alpha value is -3.18. The number of allylic oxidation sites excluding steroid dienone is 16. The molecule has 0 heterocycles. The highest BCUT2D eigenvalue weighted by molar-refractivity contribution is 5.70. The van der Waals surface area contributed by atoms with Crippen molar-refractivity contribution in [1.82, 2.24) is 0 Å². The summed E-state index contributed by atoms with van der Waals surface area (Å²) in [5.74, 6) is -0.459. The molecule has 0 N–H and O–H groups in total. The van der Waals surface area contributed by atoms with Crippen LogP contribution < -0.4 is 0 Å². The Morgan fingerprint density at radius 3 is 1.36 bits per heavy atom. The molecule has 0 aliphatic carbocycles. The molecule has 5 heteroatoms. The van der Waals surface area contributed by atoms with Crippen LogP contribution in [0.1, 0.15) is 188 Å². The van der Waals surface area contributed by atoms with Gasteiger partial charge in [-0.05, 0) is 89.9 Å². The van der Waals surface area contributed by atoms with Crippen LogP contribution in [0.5, 0.6) is 0 Å². The van der Waals surface area contributed by atoms with Crippen LogP contribution in [0.25, 0.3) is 0 Å². The van der Waals surface area contributed by atoms with Crippen molar-refractivity contribution in [2.45, 2.75) is 194 Å². The van der Waals surface area contributed by atoms with Gasteiger partial charge in [0, 0.05) is 19.4 Å². The minimum absolute atomic E-state index is 0.0503. The molecule has 5 nitrogen and oxygen atoms in total. The molecule has 0 aliphatic heterocycles. The lowest BCUT2D eigenvalue weighted by molar-refractivity contribution is -0.163. The fourth-order valence-corrected chi connectivity index (χ4v) is 5.74. The molecule has 318 valence electrons. The highest BCUT2D eigenvalue weighted by Crippen LogP contribution is 2.12. The molecule has 0 saturated carbocycles. The lowest BCUT2D eigenvalue weighted by atomic mass is 10.1. The Labute approximate surface area is 345 Å². The van der Waals surface area contributed by atoms with E-state index >= 15 is 0 Å². The first-order valence-electron chi connectivity index (χ1n) is 22.8. The van der Waals surface area contributed by atoms with Crippen molar-refractivity contribution >= 4 is 11.9 Å². The summed E-state index contributed by atoms with van der Waals surface area (Å²) in [5.41, 5.74) is 0. The van der Waals surface area contributed by atoms with Crippen LogP contribution in [0.15, 0.2) is 97.2 Å². The average Bonchev–Trinajstić information content (AvgIpc) is 3.20. The van der Waals surface area contributed by atoms with Crippen molar-refractivity contribution in [3.8, 4) is 0 Å². The van der Waals surface area contributed by atoms with Crippen molar-refractivity contribution in [1.29, 1.82) is 0 Å². The van der Waals surface area contributed by atoms with Crippen LogP contribution in [0.3, 0.4) is 0 Å². The smallest absolute Gasteiger partial charge is 0.306 e. The van der Waals surface area contributed by atoms with Gasteiger partial charge in [0.1, 0.15) is 6.61 Å². The normalized spacial score (nSPS) is 13.1. The summed E-state index contributed by atoms with van der Waals surface area (Å²) >= 11 is 0. The summed E-state index contributed by atoms with van der Waals surface area (Å²) in [4.78, 5) is 25.1. The van der Waals surface area contributed by atoms with E-state index in [1.807, 2.05) is 0 Å². The zero-order valence-corrected chi connectivity index (χ0v) is 36.4. The molecule has 0 aromatic heterocycles. The maximum absolute atomic E-state index is 12.6.